The number of aryl methyl sites for hydroxylation is 1. The zero-order valence-electron chi connectivity index (χ0n) is 14.6. The van der Waals surface area contributed by atoms with Gasteiger partial charge in [0.2, 0.25) is 5.88 Å². The van der Waals surface area contributed by atoms with E-state index in [9.17, 15) is 0 Å². The molecule has 0 unspecified atom stereocenters. The van der Waals surface area contributed by atoms with Crippen LogP contribution in [0.4, 0.5) is 5.69 Å². The first-order chi connectivity index (χ1) is 11.4. The van der Waals surface area contributed by atoms with Gasteiger partial charge in [0.1, 0.15) is 5.02 Å². The molecule has 136 valence electrons. The van der Waals surface area contributed by atoms with Crippen molar-refractivity contribution >= 4 is 47.2 Å². The second-order valence-electron chi connectivity index (χ2n) is 6.03. The van der Waals surface area contributed by atoms with Crippen molar-refractivity contribution in [1.29, 1.82) is 0 Å². The molecule has 25 heavy (non-hydrogen) atoms. The minimum absolute atomic E-state index is 0. The van der Waals surface area contributed by atoms with E-state index in [1.54, 1.807) is 12.3 Å². The van der Waals surface area contributed by atoms with E-state index >= 15 is 0 Å². The summed E-state index contributed by atoms with van der Waals surface area (Å²) >= 11 is 6.19. The van der Waals surface area contributed by atoms with E-state index in [1.165, 1.54) is 5.56 Å². The number of aliphatic imine (C=N–C) groups is 1. The molecule has 0 spiro atoms. The van der Waals surface area contributed by atoms with Crippen molar-refractivity contribution in [2.24, 2.45) is 16.6 Å². The lowest BCUT2D eigenvalue weighted by Crippen LogP contribution is -2.22. The Kier molecular flexibility index (Phi) is 8.99. The van der Waals surface area contributed by atoms with Crippen LogP contribution in [0.1, 0.15) is 25.0 Å². The van der Waals surface area contributed by atoms with Gasteiger partial charge in [-0.3, -0.25) is 0 Å². The number of ether oxygens (including phenoxy) is 1. The molecular weight excluding hydrogens is 451 g/mol. The van der Waals surface area contributed by atoms with E-state index < -0.39 is 0 Å². The summed E-state index contributed by atoms with van der Waals surface area (Å²) in [6, 6.07) is 9.73. The second-order valence-corrected chi connectivity index (χ2v) is 6.44. The maximum atomic E-state index is 6.19. The predicted molar refractivity (Wildman–Crippen MR) is 115 cm³/mol. The van der Waals surface area contributed by atoms with Gasteiger partial charge >= 0.3 is 0 Å². The molecule has 0 aliphatic heterocycles. The lowest BCUT2D eigenvalue weighted by atomic mass is 10.2. The Morgan fingerprint density at radius 3 is 2.60 bits per heavy atom. The van der Waals surface area contributed by atoms with Crippen LogP contribution >= 0.6 is 35.6 Å². The number of pyridine rings is 1. The monoisotopic (exact) mass is 474 g/mol. The molecule has 0 saturated heterocycles. The largest absolute Gasteiger partial charge is 0.476 e. The lowest BCUT2D eigenvalue weighted by molar-refractivity contribution is 0.261. The Morgan fingerprint density at radius 2 is 2.00 bits per heavy atom. The number of halogens is 2. The highest BCUT2D eigenvalue weighted by molar-refractivity contribution is 14.0. The van der Waals surface area contributed by atoms with Gasteiger partial charge in [0.05, 0.1) is 13.2 Å². The van der Waals surface area contributed by atoms with E-state index in [2.05, 4.69) is 29.1 Å². The molecule has 1 heterocycles. The Morgan fingerprint density at radius 1 is 1.32 bits per heavy atom. The Labute approximate surface area is 171 Å². The number of rotatable bonds is 6. The molecule has 3 N–H and O–H groups in total. The van der Waals surface area contributed by atoms with Gasteiger partial charge in [-0.05, 0) is 36.6 Å². The van der Waals surface area contributed by atoms with Gasteiger partial charge in [-0.1, -0.05) is 43.1 Å². The lowest BCUT2D eigenvalue weighted by Gasteiger charge is -2.10. The van der Waals surface area contributed by atoms with Crippen LogP contribution in [-0.4, -0.2) is 17.6 Å². The first-order valence-electron chi connectivity index (χ1n) is 7.85. The van der Waals surface area contributed by atoms with Gasteiger partial charge in [0, 0.05) is 11.9 Å². The third-order valence-corrected chi connectivity index (χ3v) is 3.44. The molecule has 0 saturated carbocycles. The summed E-state index contributed by atoms with van der Waals surface area (Å²) in [7, 11) is 0. The summed E-state index contributed by atoms with van der Waals surface area (Å²) in [5.74, 6) is 1.21. The van der Waals surface area contributed by atoms with Gasteiger partial charge < -0.3 is 15.8 Å². The van der Waals surface area contributed by atoms with Crippen LogP contribution in [0.2, 0.25) is 5.02 Å². The molecular formula is C18H24ClIN4O. The number of nitrogens with two attached hydrogens (primary N) is 1. The molecule has 0 aliphatic rings. The van der Waals surface area contributed by atoms with Crippen molar-refractivity contribution in [2.45, 2.75) is 27.3 Å². The number of hydrogen-bond acceptors (Lipinski definition) is 3. The van der Waals surface area contributed by atoms with Crippen molar-refractivity contribution in [3.8, 4) is 5.88 Å². The highest BCUT2D eigenvalue weighted by Crippen LogP contribution is 2.23. The summed E-state index contributed by atoms with van der Waals surface area (Å²) in [5.41, 5.74) is 8.86. The first-order valence-corrected chi connectivity index (χ1v) is 8.22. The summed E-state index contributed by atoms with van der Waals surface area (Å²) in [4.78, 5) is 8.54. The molecule has 0 fully saturated rings. The number of hydrogen-bond donors (Lipinski definition) is 2. The maximum absolute atomic E-state index is 6.19. The van der Waals surface area contributed by atoms with E-state index in [4.69, 9.17) is 22.1 Å². The van der Waals surface area contributed by atoms with Gasteiger partial charge in [0.25, 0.3) is 0 Å². The zero-order chi connectivity index (χ0) is 17.5. The fraction of sp³-hybridized carbons (Fsp3) is 0.333. The van der Waals surface area contributed by atoms with E-state index in [0.29, 0.717) is 35.9 Å². The standard InChI is InChI=1S/C18H23ClN4O.HI/c1-12(2)11-24-17-16(19)8-14(9-21-17)10-22-18(20)23-15-6-4-13(3)5-7-15;/h4-9,12H,10-11H2,1-3H3,(H3,20,22,23);1H. The van der Waals surface area contributed by atoms with Crippen molar-refractivity contribution < 1.29 is 4.74 Å². The third kappa shape index (κ3) is 7.48. The number of nitrogens with one attached hydrogen (secondary N) is 1. The van der Waals surface area contributed by atoms with Crippen LogP contribution in [0.15, 0.2) is 41.5 Å². The van der Waals surface area contributed by atoms with Gasteiger partial charge in [0.15, 0.2) is 5.96 Å². The van der Waals surface area contributed by atoms with Crippen LogP contribution in [0.5, 0.6) is 5.88 Å². The normalized spacial score (nSPS) is 11.2. The SMILES string of the molecule is Cc1ccc(NC(N)=NCc2cnc(OCC(C)C)c(Cl)c2)cc1.I. The van der Waals surface area contributed by atoms with Crippen LogP contribution in [0, 0.1) is 12.8 Å². The molecule has 5 nitrogen and oxygen atoms in total. The van der Waals surface area contributed by atoms with Crippen LogP contribution in [-0.2, 0) is 6.54 Å². The molecule has 1 aromatic heterocycles. The van der Waals surface area contributed by atoms with Crippen LogP contribution < -0.4 is 15.8 Å². The molecule has 0 radical (unpaired) electrons. The molecule has 0 amide bonds. The molecule has 1 aromatic carbocycles. The topological polar surface area (TPSA) is 72.5 Å². The zero-order valence-corrected chi connectivity index (χ0v) is 17.7. The fourth-order valence-corrected chi connectivity index (χ4v) is 2.15. The average Bonchev–Trinajstić information content (AvgIpc) is 2.54. The van der Waals surface area contributed by atoms with Crippen LogP contribution in [0.25, 0.3) is 0 Å². The predicted octanol–water partition coefficient (Wildman–Crippen LogP) is 4.62. The second kappa shape index (κ2) is 10.5. The minimum Gasteiger partial charge on any atom is -0.476 e. The fourth-order valence-electron chi connectivity index (χ4n) is 1.90. The smallest absolute Gasteiger partial charge is 0.232 e. The highest BCUT2D eigenvalue weighted by Gasteiger charge is 2.06. The van der Waals surface area contributed by atoms with E-state index in [1.807, 2.05) is 31.2 Å². The molecule has 0 atom stereocenters. The Hall–Kier alpha value is -1.54. The van der Waals surface area contributed by atoms with E-state index in [-0.39, 0.29) is 24.0 Å². The molecule has 0 aliphatic carbocycles. The summed E-state index contributed by atoms with van der Waals surface area (Å²) < 4.78 is 5.55. The van der Waals surface area contributed by atoms with Crippen molar-refractivity contribution in [2.75, 3.05) is 11.9 Å². The number of guanidine groups is 1. The minimum atomic E-state index is 0. The first kappa shape index (κ1) is 21.5. The van der Waals surface area contributed by atoms with Gasteiger partial charge in [-0.15, -0.1) is 24.0 Å². The van der Waals surface area contributed by atoms with Crippen LogP contribution in [0.3, 0.4) is 0 Å². The Balaban J connectivity index is 0.00000312. The third-order valence-electron chi connectivity index (χ3n) is 3.17. The highest BCUT2D eigenvalue weighted by atomic mass is 127. The molecule has 7 heteroatoms. The summed E-state index contributed by atoms with van der Waals surface area (Å²) in [5, 5.41) is 3.53. The Bertz CT molecular complexity index is 705. The number of nitrogens with zero attached hydrogens (tertiary/aromatic N) is 2. The van der Waals surface area contributed by atoms with Gasteiger partial charge in [-0.2, -0.15) is 0 Å². The average molecular weight is 475 g/mol. The quantitative estimate of drug-likeness (QED) is 0.364. The number of anilines is 1. The summed E-state index contributed by atoms with van der Waals surface area (Å²) in [6.07, 6.45) is 1.70. The number of benzene rings is 1. The molecule has 2 rings (SSSR count). The van der Waals surface area contributed by atoms with Crippen molar-refractivity contribution in [3.63, 3.8) is 0 Å². The number of aromatic nitrogens is 1. The van der Waals surface area contributed by atoms with E-state index in [0.717, 1.165) is 11.3 Å². The van der Waals surface area contributed by atoms with Gasteiger partial charge in [-0.25, -0.2) is 9.98 Å². The summed E-state index contributed by atoms with van der Waals surface area (Å²) in [6.45, 7) is 7.15. The van der Waals surface area contributed by atoms with Crippen molar-refractivity contribution in [1.82, 2.24) is 4.98 Å². The van der Waals surface area contributed by atoms with Crippen molar-refractivity contribution in [3.05, 3.63) is 52.7 Å². The molecule has 2 aromatic rings. The molecule has 0 bridgehead atoms. The maximum Gasteiger partial charge on any atom is 0.232 e.